The van der Waals surface area contributed by atoms with Gasteiger partial charge < -0.3 is 34.3 Å². The number of pyridine rings is 1. The number of nitrogens with one attached hydrogen (secondary N) is 2. The molecule has 246 valence electrons. The van der Waals surface area contributed by atoms with Crippen molar-refractivity contribution in [2.75, 3.05) is 69.7 Å². The molecule has 2 aromatic heterocycles. The van der Waals surface area contributed by atoms with Crippen LogP contribution in [0, 0.1) is 5.82 Å². The van der Waals surface area contributed by atoms with E-state index in [-0.39, 0.29) is 41.6 Å². The first-order valence-corrected chi connectivity index (χ1v) is 14.9. The van der Waals surface area contributed by atoms with E-state index in [4.69, 9.17) is 23.7 Å². The molecule has 4 heterocycles. The molecule has 0 aliphatic carbocycles. The monoisotopic (exact) mass is 639 g/mol. The first-order chi connectivity index (χ1) is 22.1. The van der Waals surface area contributed by atoms with Crippen LogP contribution in [0.5, 0.6) is 23.0 Å². The molecular formula is C31H38FN7O7. The number of morpholine rings is 1. The normalized spacial score (nSPS) is 15.7. The van der Waals surface area contributed by atoms with Crippen LogP contribution in [0.3, 0.4) is 0 Å². The summed E-state index contributed by atoms with van der Waals surface area (Å²) in [5.41, 5.74) is -0.734. The summed E-state index contributed by atoms with van der Waals surface area (Å²) in [6, 6.07) is 6.36. The molecule has 0 radical (unpaired) electrons. The number of hydrogen-bond acceptors (Lipinski definition) is 12. The third-order valence-corrected chi connectivity index (χ3v) is 7.56. The molecule has 15 heteroatoms. The van der Waals surface area contributed by atoms with Crippen molar-refractivity contribution in [3.05, 3.63) is 36.3 Å². The number of amides is 2. The molecule has 0 atom stereocenters. The molecule has 46 heavy (non-hydrogen) atoms. The number of carbonyl (C=O) groups is 2. The summed E-state index contributed by atoms with van der Waals surface area (Å²) in [6.07, 6.45) is 2.54. The van der Waals surface area contributed by atoms with Gasteiger partial charge in [-0.3, -0.25) is 14.5 Å². The number of halogens is 1. The van der Waals surface area contributed by atoms with Gasteiger partial charge in [-0.2, -0.15) is 4.98 Å². The lowest BCUT2D eigenvalue weighted by atomic mass is 10.1. The third kappa shape index (κ3) is 7.21. The van der Waals surface area contributed by atoms with Crippen molar-refractivity contribution < 1.29 is 37.7 Å². The fourth-order valence-corrected chi connectivity index (χ4v) is 5.06. The summed E-state index contributed by atoms with van der Waals surface area (Å²) in [7, 11) is 4.41. The molecule has 1 saturated heterocycles. The minimum Gasteiger partial charge on any atom is -0.493 e. The Balaban J connectivity index is 1.44. The number of methoxy groups -OCH3 is 3. The number of rotatable bonds is 12. The smallest absolute Gasteiger partial charge is 0.269 e. The maximum absolute atomic E-state index is 15.1. The van der Waals surface area contributed by atoms with E-state index in [0.717, 1.165) is 32.3 Å². The zero-order chi connectivity index (χ0) is 32.8. The highest BCUT2D eigenvalue weighted by atomic mass is 19.1. The van der Waals surface area contributed by atoms with Gasteiger partial charge in [-0.15, -0.1) is 0 Å². The van der Waals surface area contributed by atoms with Gasteiger partial charge in [0.15, 0.2) is 40.3 Å². The maximum Gasteiger partial charge on any atom is 0.269 e. The topological polar surface area (TPSA) is 150 Å². The first-order valence-electron chi connectivity index (χ1n) is 14.9. The minimum absolute atomic E-state index is 0.0901. The highest BCUT2D eigenvalue weighted by molar-refractivity contribution is 6.00. The van der Waals surface area contributed by atoms with Crippen LogP contribution in [-0.4, -0.2) is 91.4 Å². The van der Waals surface area contributed by atoms with Crippen molar-refractivity contribution in [3.8, 4) is 23.0 Å². The lowest BCUT2D eigenvalue weighted by molar-refractivity contribution is -0.129. The van der Waals surface area contributed by atoms with Gasteiger partial charge >= 0.3 is 0 Å². The van der Waals surface area contributed by atoms with Gasteiger partial charge in [-0.25, -0.2) is 19.3 Å². The van der Waals surface area contributed by atoms with Crippen molar-refractivity contribution in [1.29, 1.82) is 0 Å². The molecule has 2 aliphatic rings. The third-order valence-electron chi connectivity index (χ3n) is 7.56. The molecule has 0 spiro atoms. The standard InChI is InChI=1S/C31H38FN7O7/c1-31(2)29(41)36-28-21(46-31)9-10-24(35-28)34-27-20(32)18-33-30(37-27)39(19-16-22(42-3)26(44-5)23(17-19)43-4)25(40)8-6-7-11-38-12-14-45-15-13-38/h9-10,16-18H,6-8,11-15H2,1-5H3,(H2,33,34,35,36,37,41). The molecule has 5 rings (SSSR count). The summed E-state index contributed by atoms with van der Waals surface area (Å²) < 4.78 is 42.7. The number of anilines is 5. The van der Waals surface area contributed by atoms with Gasteiger partial charge in [0.1, 0.15) is 5.82 Å². The molecule has 2 aliphatic heterocycles. The number of aromatic nitrogens is 3. The second-order valence-corrected chi connectivity index (χ2v) is 11.1. The summed E-state index contributed by atoms with van der Waals surface area (Å²) in [4.78, 5) is 42.8. The Kier molecular flexibility index (Phi) is 10.0. The maximum atomic E-state index is 15.1. The van der Waals surface area contributed by atoms with Crippen LogP contribution >= 0.6 is 0 Å². The number of hydrogen-bond donors (Lipinski definition) is 2. The summed E-state index contributed by atoms with van der Waals surface area (Å²) in [5, 5.41) is 5.52. The van der Waals surface area contributed by atoms with Crippen molar-refractivity contribution in [1.82, 2.24) is 19.9 Å². The molecule has 1 fully saturated rings. The van der Waals surface area contributed by atoms with Gasteiger partial charge in [0.2, 0.25) is 17.6 Å². The van der Waals surface area contributed by atoms with E-state index in [2.05, 4.69) is 30.5 Å². The lowest BCUT2D eigenvalue weighted by Crippen LogP contribution is -2.46. The van der Waals surface area contributed by atoms with Gasteiger partial charge in [0, 0.05) is 31.6 Å². The fourth-order valence-electron chi connectivity index (χ4n) is 5.06. The zero-order valence-corrected chi connectivity index (χ0v) is 26.5. The highest BCUT2D eigenvalue weighted by Gasteiger charge is 2.36. The molecule has 3 aromatic rings. The second kappa shape index (κ2) is 14.1. The van der Waals surface area contributed by atoms with E-state index in [0.29, 0.717) is 48.3 Å². The lowest BCUT2D eigenvalue weighted by Gasteiger charge is -2.30. The summed E-state index contributed by atoms with van der Waals surface area (Å²) in [5.74, 6) is -0.110. The van der Waals surface area contributed by atoms with Crippen molar-refractivity contribution >= 4 is 40.9 Å². The molecule has 14 nitrogen and oxygen atoms in total. The van der Waals surface area contributed by atoms with Crippen LogP contribution in [0.25, 0.3) is 0 Å². The average Bonchev–Trinajstić information content (AvgIpc) is 3.05. The minimum atomic E-state index is -1.07. The summed E-state index contributed by atoms with van der Waals surface area (Å²) >= 11 is 0. The summed E-state index contributed by atoms with van der Waals surface area (Å²) in [6.45, 7) is 7.25. The van der Waals surface area contributed by atoms with E-state index in [9.17, 15) is 9.59 Å². The average molecular weight is 640 g/mol. The van der Waals surface area contributed by atoms with Crippen LogP contribution in [0.2, 0.25) is 0 Å². The van der Waals surface area contributed by atoms with Gasteiger partial charge in [-0.05, 0) is 45.4 Å². The number of benzene rings is 1. The van der Waals surface area contributed by atoms with Crippen LogP contribution in [0.15, 0.2) is 30.5 Å². The van der Waals surface area contributed by atoms with Gasteiger partial charge in [-0.1, -0.05) is 0 Å². The quantitative estimate of drug-likeness (QED) is 0.275. The molecular weight excluding hydrogens is 601 g/mol. The molecule has 0 bridgehead atoms. The van der Waals surface area contributed by atoms with E-state index < -0.39 is 11.4 Å². The Morgan fingerprint density at radius 3 is 2.48 bits per heavy atom. The van der Waals surface area contributed by atoms with Crippen LogP contribution in [0.4, 0.5) is 33.5 Å². The van der Waals surface area contributed by atoms with E-state index >= 15 is 4.39 Å². The molecule has 2 amide bonds. The van der Waals surface area contributed by atoms with Gasteiger partial charge in [0.25, 0.3) is 5.91 Å². The second-order valence-electron chi connectivity index (χ2n) is 11.1. The Morgan fingerprint density at radius 1 is 1.09 bits per heavy atom. The van der Waals surface area contributed by atoms with E-state index in [1.165, 1.54) is 26.2 Å². The molecule has 1 aromatic carbocycles. The molecule has 0 saturated carbocycles. The number of nitrogens with zero attached hydrogens (tertiary/aromatic N) is 5. The Bertz CT molecular complexity index is 1560. The van der Waals surface area contributed by atoms with Crippen molar-refractivity contribution in [3.63, 3.8) is 0 Å². The fraction of sp³-hybridized carbons (Fsp3) is 0.452. The highest BCUT2D eigenvalue weighted by Crippen LogP contribution is 2.42. The Morgan fingerprint density at radius 2 is 1.80 bits per heavy atom. The number of ether oxygens (including phenoxy) is 5. The Labute approximate surface area is 266 Å². The molecule has 0 unspecified atom stereocenters. The van der Waals surface area contributed by atoms with Gasteiger partial charge in [0.05, 0.1) is 46.4 Å². The van der Waals surface area contributed by atoms with Crippen LogP contribution < -0.4 is 34.5 Å². The SMILES string of the molecule is COc1cc(N(C(=O)CCCCN2CCOCC2)c2ncc(F)c(Nc3ccc4c(n3)NC(=O)C(C)(C)O4)n2)cc(OC)c1OC. The largest absolute Gasteiger partial charge is 0.493 e. The predicted octanol–water partition coefficient (Wildman–Crippen LogP) is 4.06. The number of carbonyl (C=O) groups excluding carboxylic acids is 2. The van der Waals surface area contributed by atoms with Crippen molar-refractivity contribution in [2.24, 2.45) is 0 Å². The predicted molar refractivity (Wildman–Crippen MR) is 167 cm³/mol. The molecule has 2 N–H and O–H groups in total. The number of unbranched alkanes of at least 4 members (excludes halogenated alkanes) is 1. The number of fused-ring (bicyclic) bond motifs is 1. The van der Waals surface area contributed by atoms with E-state index in [1.807, 2.05) is 0 Å². The van der Waals surface area contributed by atoms with Crippen LogP contribution in [0.1, 0.15) is 33.1 Å². The Hall–Kier alpha value is -4.76. The van der Waals surface area contributed by atoms with Crippen molar-refractivity contribution in [2.45, 2.75) is 38.7 Å². The zero-order valence-electron chi connectivity index (χ0n) is 26.5. The van der Waals surface area contributed by atoms with E-state index in [1.54, 1.807) is 38.1 Å². The first kappa shape index (κ1) is 32.6. The van der Waals surface area contributed by atoms with Crippen LogP contribution in [-0.2, 0) is 14.3 Å².